The van der Waals surface area contributed by atoms with Crippen LogP contribution in [0, 0.1) is 6.92 Å². The van der Waals surface area contributed by atoms with Gasteiger partial charge in [-0.25, -0.2) is 9.97 Å². The number of aromatic amines is 1. The molecule has 1 aliphatic rings. The van der Waals surface area contributed by atoms with Crippen molar-refractivity contribution < 1.29 is 4.79 Å². The van der Waals surface area contributed by atoms with Crippen LogP contribution in [0.2, 0.25) is 0 Å². The smallest absolute Gasteiger partial charge is 0.259 e. The molecule has 8 heteroatoms. The van der Waals surface area contributed by atoms with Gasteiger partial charge in [-0.15, -0.1) is 11.3 Å². The lowest BCUT2D eigenvalue weighted by molar-refractivity contribution is -0.116. The van der Waals surface area contributed by atoms with Gasteiger partial charge in [0.2, 0.25) is 5.91 Å². The summed E-state index contributed by atoms with van der Waals surface area (Å²) >= 11 is 3.08. The largest absolute Gasteiger partial charge is 0.310 e. The number of nitrogens with one attached hydrogen (secondary N) is 2. The molecule has 0 saturated heterocycles. The zero-order valence-corrected chi connectivity index (χ0v) is 16.9. The maximum atomic E-state index is 12.5. The molecule has 0 fully saturated rings. The van der Waals surface area contributed by atoms with Crippen molar-refractivity contribution in [3.05, 3.63) is 50.4 Å². The van der Waals surface area contributed by atoms with E-state index < -0.39 is 0 Å². The van der Waals surface area contributed by atoms with Crippen molar-refractivity contribution in [2.45, 2.75) is 39.0 Å². The van der Waals surface area contributed by atoms with Crippen LogP contribution in [0.3, 0.4) is 0 Å². The Balaban J connectivity index is 1.30. The summed E-state index contributed by atoms with van der Waals surface area (Å²) in [5.41, 5.74) is 3.14. The van der Waals surface area contributed by atoms with Crippen molar-refractivity contribution in [1.29, 1.82) is 0 Å². The molecular formula is C20H18N4O2S2. The number of nitrogens with zero attached hydrogens (tertiary/aromatic N) is 2. The van der Waals surface area contributed by atoms with Gasteiger partial charge in [-0.2, -0.15) is 0 Å². The number of rotatable bonds is 4. The minimum atomic E-state index is -0.132. The van der Waals surface area contributed by atoms with Crippen LogP contribution in [0.15, 0.2) is 23.0 Å². The van der Waals surface area contributed by atoms with Gasteiger partial charge in [0.25, 0.3) is 5.56 Å². The van der Waals surface area contributed by atoms with Gasteiger partial charge >= 0.3 is 0 Å². The molecule has 0 radical (unpaired) electrons. The Bertz CT molecular complexity index is 1280. The maximum absolute atomic E-state index is 12.5. The van der Waals surface area contributed by atoms with Gasteiger partial charge in [-0.3, -0.25) is 9.59 Å². The van der Waals surface area contributed by atoms with Crippen molar-refractivity contribution in [3.8, 4) is 0 Å². The van der Waals surface area contributed by atoms with Crippen molar-refractivity contribution in [2.75, 3.05) is 5.32 Å². The summed E-state index contributed by atoms with van der Waals surface area (Å²) in [6.07, 6.45) is 3.75. The summed E-state index contributed by atoms with van der Waals surface area (Å²) in [4.78, 5) is 38.8. The van der Waals surface area contributed by atoms with Gasteiger partial charge in [-0.05, 0) is 49.4 Å². The molecule has 0 unspecified atom stereocenters. The van der Waals surface area contributed by atoms with Gasteiger partial charge in [-0.1, -0.05) is 17.4 Å². The lowest BCUT2D eigenvalue weighted by atomic mass is 10.2. The highest BCUT2D eigenvalue weighted by molar-refractivity contribution is 7.22. The van der Waals surface area contributed by atoms with E-state index in [-0.39, 0.29) is 17.9 Å². The van der Waals surface area contributed by atoms with E-state index in [1.807, 2.05) is 19.1 Å². The van der Waals surface area contributed by atoms with Crippen molar-refractivity contribution in [3.63, 3.8) is 0 Å². The van der Waals surface area contributed by atoms with Gasteiger partial charge in [0.15, 0.2) is 5.13 Å². The molecule has 0 atom stereocenters. The third-order valence-corrected chi connectivity index (χ3v) is 7.12. The summed E-state index contributed by atoms with van der Waals surface area (Å²) in [5.74, 6) is 0.430. The molecule has 3 heterocycles. The van der Waals surface area contributed by atoms with Crippen LogP contribution in [0.5, 0.6) is 0 Å². The number of carbonyl (C=O) groups is 1. The maximum Gasteiger partial charge on any atom is 0.259 e. The van der Waals surface area contributed by atoms with E-state index in [2.05, 4.69) is 26.3 Å². The van der Waals surface area contributed by atoms with Crippen LogP contribution in [0.25, 0.3) is 20.4 Å². The molecule has 5 rings (SSSR count). The number of thiophene rings is 1. The number of carbonyl (C=O) groups excluding carboxylic acids is 1. The van der Waals surface area contributed by atoms with Crippen LogP contribution in [-0.2, 0) is 24.1 Å². The number of aromatic nitrogens is 3. The number of fused-ring (bicyclic) bond motifs is 4. The Labute approximate surface area is 168 Å². The van der Waals surface area contributed by atoms with Crippen molar-refractivity contribution in [2.24, 2.45) is 0 Å². The second-order valence-corrected chi connectivity index (χ2v) is 9.20. The van der Waals surface area contributed by atoms with Crippen LogP contribution >= 0.6 is 22.7 Å². The van der Waals surface area contributed by atoms with Crippen LogP contribution in [-0.4, -0.2) is 20.9 Å². The molecule has 1 aromatic carbocycles. The predicted octanol–water partition coefficient (Wildman–Crippen LogP) is 3.96. The summed E-state index contributed by atoms with van der Waals surface area (Å²) in [6.45, 7) is 2.03. The van der Waals surface area contributed by atoms with Gasteiger partial charge in [0.1, 0.15) is 10.7 Å². The van der Waals surface area contributed by atoms with E-state index in [9.17, 15) is 9.59 Å². The van der Waals surface area contributed by atoms with Crippen LogP contribution in [0.1, 0.15) is 34.7 Å². The van der Waals surface area contributed by atoms with E-state index in [0.717, 1.165) is 39.7 Å². The summed E-state index contributed by atoms with van der Waals surface area (Å²) in [5, 5.41) is 4.20. The van der Waals surface area contributed by atoms with Crippen LogP contribution in [0.4, 0.5) is 5.13 Å². The van der Waals surface area contributed by atoms with Crippen molar-refractivity contribution in [1.82, 2.24) is 15.0 Å². The summed E-state index contributed by atoms with van der Waals surface area (Å²) < 4.78 is 1.05. The summed E-state index contributed by atoms with van der Waals surface area (Å²) in [7, 11) is 0. The Hall–Kier alpha value is -2.58. The molecule has 0 bridgehead atoms. The number of anilines is 1. The highest BCUT2D eigenvalue weighted by atomic mass is 32.1. The molecule has 6 nitrogen and oxygen atoms in total. The first-order chi connectivity index (χ1) is 13.6. The SMILES string of the molecule is Cc1ccc2nc(NC(=O)CCc3nc4sc5c(c4c(=O)[nH]3)CCC5)sc2c1. The first kappa shape index (κ1) is 17.5. The fraction of sp³-hybridized carbons (Fsp3) is 0.300. The monoisotopic (exact) mass is 410 g/mol. The van der Waals surface area contributed by atoms with E-state index >= 15 is 0 Å². The molecule has 2 N–H and O–H groups in total. The fourth-order valence-corrected chi connectivity index (χ4v) is 5.93. The molecule has 4 aromatic rings. The minimum Gasteiger partial charge on any atom is -0.310 e. The third-order valence-electron chi connectivity index (χ3n) is 5.00. The zero-order chi connectivity index (χ0) is 19.3. The number of benzene rings is 1. The molecule has 28 heavy (non-hydrogen) atoms. The summed E-state index contributed by atoms with van der Waals surface area (Å²) in [6, 6.07) is 6.02. The normalized spacial score (nSPS) is 13.3. The van der Waals surface area contributed by atoms with E-state index in [1.54, 1.807) is 11.3 Å². The van der Waals surface area contributed by atoms with Gasteiger partial charge in [0.05, 0.1) is 15.6 Å². The fourth-order valence-electron chi connectivity index (χ4n) is 3.66. The Morgan fingerprint density at radius 2 is 2.14 bits per heavy atom. The van der Waals surface area contributed by atoms with Crippen LogP contribution < -0.4 is 10.9 Å². The van der Waals surface area contributed by atoms with Gasteiger partial charge < -0.3 is 10.3 Å². The zero-order valence-electron chi connectivity index (χ0n) is 15.3. The van der Waals surface area contributed by atoms with E-state index in [1.165, 1.54) is 27.3 Å². The second-order valence-electron chi connectivity index (χ2n) is 7.09. The number of hydrogen-bond donors (Lipinski definition) is 2. The first-order valence-corrected chi connectivity index (χ1v) is 10.9. The Morgan fingerprint density at radius 1 is 1.25 bits per heavy atom. The third kappa shape index (κ3) is 3.12. The molecule has 1 aliphatic carbocycles. The molecule has 0 spiro atoms. The van der Waals surface area contributed by atoms with E-state index in [4.69, 9.17) is 0 Å². The lowest BCUT2D eigenvalue weighted by Gasteiger charge is -2.02. The molecule has 0 aliphatic heterocycles. The molecular weight excluding hydrogens is 392 g/mol. The number of thiazole rings is 1. The van der Waals surface area contributed by atoms with E-state index in [0.29, 0.717) is 17.4 Å². The lowest BCUT2D eigenvalue weighted by Crippen LogP contribution is -2.16. The number of amides is 1. The van der Waals surface area contributed by atoms with Crippen molar-refractivity contribution >= 4 is 54.1 Å². The number of aryl methyl sites for hydroxylation is 4. The topological polar surface area (TPSA) is 87.7 Å². The number of H-pyrrole nitrogens is 1. The predicted molar refractivity (Wildman–Crippen MR) is 114 cm³/mol. The second kappa shape index (κ2) is 6.79. The quantitative estimate of drug-likeness (QED) is 0.533. The highest BCUT2D eigenvalue weighted by Crippen LogP contribution is 2.34. The average molecular weight is 411 g/mol. The first-order valence-electron chi connectivity index (χ1n) is 9.27. The Kier molecular flexibility index (Phi) is 4.25. The standard InChI is InChI=1S/C20H18N4O2S2/c1-10-5-6-12-14(9-10)28-20(21-12)24-16(25)8-7-15-22-18(26)17-11-3-2-4-13(11)27-19(17)23-15/h5-6,9H,2-4,7-8H2,1H3,(H,21,24,25)(H,22,23,26). The number of hydrogen-bond acceptors (Lipinski definition) is 6. The minimum absolute atomic E-state index is 0.0821. The average Bonchev–Trinajstić information content (AvgIpc) is 3.33. The highest BCUT2D eigenvalue weighted by Gasteiger charge is 2.21. The Morgan fingerprint density at radius 3 is 3.04 bits per heavy atom. The van der Waals surface area contributed by atoms with Gasteiger partial charge in [0, 0.05) is 17.7 Å². The molecule has 142 valence electrons. The molecule has 3 aromatic heterocycles. The molecule has 0 saturated carbocycles. The molecule has 1 amide bonds.